The van der Waals surface area contributed by atoms with Crippen molar-refractivity contribution in [2.24, 2.45) is 5.92 Å². The summed E-state index contributed by atoms with van der Waals surface area (Å²) < 4.78 is 1.00. The van der Waals surface area contributed by atoms with Gasteiger partial charge in [0.05, 0.1) is 11.4 Å². The molecule has 0 saturated carbocycles. The standard InChI is InChI=1S/C18H21BrN4O/c1-12-11-20-13(2)17(21-12)23-9-7-14(8-10-23)18(24)22-16-5-3-15(19)4-6-16/h3-6,11,14H,7-10H2,1-2H3,(H,22,24). The van der Waals surface area contributed by atoms with Crippen LogP contribution in [0, 0.1) is 19.8 Å². The van der Waals surface area contributed by atoms with E-state index >= 15 is 0 Å². The van der Waals surface area contributed by atoms with Gasteiger partial charge >= 0.3 is 0 Å². The van der Waals surface area contributed by atoms with E-state index in [4.69, 9.17) is 0 Å². The highest BCUT2D eigenvalue weighted by Crippen LogP contribution is 2.25. The van der Waals surface area contributed by atoms with Gasteiger partial charge in [-0.05, 0) is 51.0 Å². The number of carbonyl (C=O) groups is 1. The first-order valence-corrected chi connectivity index (χ1v) is 8.94. The van der Waals surface area contributed by atoms with Crippen LogP contribution in [-0.4, -0.2) is 29.0 Å². The van der Waals surface area contributed by atoms with Gasteiger partial charge in [-0.15, -0.1) is 0 Å². The van der Waals surface area contributed by atoms with Crippen molar-refractivity contribution < 1.29 is 4.79 Å². The number of halogens is 1. The van der Waals surface area contributed by atoms with Crippen molar-refractivity contribution in [3.8, 4) is 0 Å². The van der Waals surface area contributed by atoms with Crippen LogP contribution in [0.5, 0.6) is 0 Å². The number of aryl methyl sites for hydroxylation is 2. The Morgan fingerprint density at radius 3 is 2.54 bits per heavy atom. The molecular weight excluding hydrogens is 368 g/mol. The summed E-state index contributed by atoms with van der Waals surface area (Å²) >= 11 is 3.40. The first kappa shape index (κ1) is 16.9. The lowest BCUT2D eigenvalue weighted by Gasteiger charge is -2.32. The molecule has 1 fully saturated rings. The number of amides is 1. The fraction of sp³-hybridized carbons (Fsp3) is 0.389. The number of rotatable bonds is 3. The molecule has 3 rings (SSSR count). The Labute approximate surface area is 150 Å². The van der Waals surface area contributed by atoms with Gasteiger partial charge < -0.3 is 10.2 Å². The number of nitrogens with one attached hydrogen (secondary N) is 1. The summed E-state index contributed by atoms with van der Waals surface area (Å²) in [6, 6.07) is 7.67. The fourth-order valence-electron chi connectivity index (χ4n) is 2.96. The number of nitrogens with zero attached hydrogens (tertiary/aromatic N) is 3. The van der Waals surface area contributed by atoms with E-state index in [0.717, 1.165) is 53.3 Å². The maximum absolute atomic E-state index is 12.4. The lowest BCUT2D eigenvalue weighted by Crippen LogP contribution is -2.39. The van der Waals surface area contributed by atoms with Gasteiger partial charge in [0, 0.05) is 35.4 Å². The summed E-state index contributed by atoms with van der Waals surface area (Å²) in [6.07, 6.45) is 3.45. The molecule has 0 bridgehead atoms. The maximum Gasteiger partial charge on any atom is 0.227 e. The Hall–Kier alpha value is -1.95. The first-order chi connectivity index (χ1) is 11.5. The maximum atomic E-state index is 12.4. The molecule has 6 heteroatoms. The molecule has 1 aromatic heterocycles. The van der Waals surface area contributed by atoms with Gasteiger partial charge in [0.25, 0.3) is 0 Å². The number of benzene rings is 1. The Bertz CT molecular complexity index is 724. The van der Waals surface area contributed by atoms with Gasteiger partial charge in [0.1, 0.15) is 5.82 Å². The molecule has 0 spiro atoms. The van der Waals surface area contributed by atoms with Crippen LogP contribution in [0.2, 0.25) is 0 Å². The van der Waals surface area contributed by atoms with E-state index in [1.165, 1.54) is 0 Å². The van der Waals surface area contributed by atoms with Crippen molar-refractivity contribution in [1.29, 1.82) is 0 Å². The van der Waals surface area contributed by atoms with Crippen molar-refractivity contribution in [2.45, 2.75) is 26.7 Å². The predicted octanol–water partition coefficient (Wildman–Crippen LogP) is 3.71. The SMILES string of the molecule is Cc1cnc(C)c(N2CCC(C(=O)Nc3ccc(Br)cc3)CC2)n1. The largest absolute Gasteiger partial charge is 0.355 e. The normalized spacial score (nSPS) is 15.4. The smallest absolute Gasteiger partial charge is 0.227 e. The summed E-state index contributed by atoms with van der Waals surface area (Å²) in [5.41, 5.74) is 2.70. The second-order valence-electron chi connectivity index (χ2n) is 6.18. The molecule has 126 valence electrons. The Kier molecular flexibility index (Phi) is 5.14. The molecule has 1 aromatic carbocycles. The van der Waals surface area contributed by atoms with Crippen LogP contribution in [0.25, 0.3) is 0 Å². The number of aromatic nitrogens is 2. The van der Waals surface area contributed by atoms with E-state index in [0.29, 0.717) is 0 Å². The van der Waals surface area contributed by atoms with Gasteiger partial charge in [0.15, 0.2) is 0 Å². The van der Waals surface area contributed by atoms with E-state index in [-0.39, 0.29) is 11.8 Å². The first-order valence-electron chi connectivity index (χ1n) is 8.14. The van der Waals surface area contributed by atoms with Gasteiger partial charge in [-0.2, -0.15) is 0 Å². The molecular formula is C18H21BrN4O. The van der Waals surface area contributed by atoms with E-state index in [9.17, 15) is 4.79 Å². The van der Waals surface area contributed by atoms with E-state index in [1.54, 1.807) is 6.20 Å². The Morgan fingerprint density at radius 2 is 1.88 bits per heavy atom. The zero-order valence-electron chi connectivity index (χ0n) is 13.9. The number of piperidine rings is 1. The molecule has 1 aliphatic heterocycles. The fourth-order valence-corrected chi connectivity index (χ4v) is 3.22. The average molecular weight is 389 g/mol. The van der Waals surface area contributed by atoms with Gasteiger partial charge in [0.2, 0.25) is 5.91 Å². The molecule has 2 heterocycles. The summed E-state index contributed by atoms with van der Waals surface area (Å²) in [4.78, 5) is 23.7. The van der Waals surface area contributed by atoms with Crippen molar-refractivity contribution in [3.63, 3.8) is 0 Å². The zero-order valence-corrected chi connectivity index (χ0v) is 15.5. The zero-order chi connectivity index (χ0) is 17.1. The molecule has 1 saturated heterocycles. The van der Waals surface area contributed by atoms with Crippen molar-refractivity contribution in [3.05, 3.63) is 46.3 Å². The lowest BCUT2D eigenvalue weighted by atomic mass is 9.95. The van der Waals surface area contributed by atoms with E-state index in [1.807, 2.05) is 38.1 Å². The molecule has 2 aromatic rings. The summed E-state index contributed by atoms with van der Waals surface area (Å²) in [7, 11) is 0. The highest BCUT2D eigenvalue weighted by molar-refractivity contribution is 9.10. The minimum atomic E-state index is 0.0444. The van der Waals surface area contributed by atoms with Crippen LogP contribution < -0.4 is 10.2 Å². The number of carbonyl (C=O) groups excluding carboxylic acids is 1. The quantitative estimate of drug-likeness (QED) is 0.870. The topological polar surface area (TPSA) is 58.1 Å². The van der Waals surface area contributed by atoms with Crippen LogP contribution in [0.3, 0.4) is 0 Å². The number of hydrogen-bond donors (Lipinski definition) is 1. The van der Waals surface area contributed by atoms with Crippen LogP contribution in [0.4, 0.5) is 11.5 Å². The van der Waals surface area contributed by atoms with Crippen molar-refractivity contribution in [2.75, 3.05) is 23.3 Å². The molecule has 1 N–H and O–H groups in total. The minimum Gasteiger partial charge on any atom is -0.355 e. The molecule has 1 amide bonds. The highest BCUT2D eigenvalue weighted by atomic mass is 79.9. The van der Waals surface area contributed by atoms with Crippen LogP contribution in [0.1, 0.15) is 24.2 Å². The predicted molar refractivity (Wildman–Crippen MR) is 99.2 cm³/mol. The molecule has 24 heavy (non-hydrogen) atoms. The monoisotopic (exact) mass is 388 g/mol. The number of anilines is 2. The summed E-state index contributed by atoms with van der Waals surface area (Å²) in [6.45, 7) is 5.59. The van der Waals surface area contributed by atoms with Crippen LogP contribution in [-0.2, 0) is 4.79 Å². The molecule has 0 radical (unpaired) electrons. The second-order valence-corrected chi connectivity index (χ2v) is 7.09. The van der Waals surface area contributed by atoms with Crippen LogP contribution >= 0.6 is 15.9 Å². The molecule has 0 aliphatic carbocycles. The average Bonchev–Trinajstić information content (AvgIpc) is 2.59. The van der Waals surface area contributed by atoms with E-state index in [2.05, 4.69) is 36.1 Å². The molecule has 1 aliphatic rings. The minimum absolute atomic E-state index is 0.0444. The van der Waals surface area contributed by atoms with Gasteiger partial charge in [-0.3, -0.25) is 9.78 Å². The molecule has 0 atom stereocenters. The third-order valence-corrected chi connectivity index (χ3v) is 4.86. The van der Waals surface area contributed by atoms with Crippen molar-refractivity contribution in [1.82, 2.24) is 9.97 Å². The highest BCUT2D eigenvalue weighted by Gasteiger charge is 2.26. The van der Waals surface area contributed by atoms with E-state index < -0.39 is 0 Å². The Morgan fingerprint density at radius 1 is 1.21 bits per heavy atom. The van der Waals surface area contributed by atoms with Crippen molar-refractivity contribution >= 4 is 33.3 Å². The summed E-state index contributed by atoms with van der Waals surface area (Å²) in [5.74, 6) is 1.09. The molecule has 5 nitrogen and oxygen atoms in total. The number of hydrogen-bond acceptors (Lipinski definition) is 4. The third kappa shape index (κ3) is 3.93. The Balaban J connectivity index is 1.59. The lowest BCUT2D eigenvalue weighted by molar-refractivity contribution is -0.120. The second kappa shape index (κ2) is 7.30. The summed E-state index contributed by atoms with van der Waals surface area (Å²) in [5, 5.41) is 3.01. The van der Waals surface area contributed by atoms with Crippen LogP contribution in [0.15, 0.2) is 34.9 Å². The third-order valence-electron chi connectivity index (χ3n) is 4.33. The van der Waals surface area contributed by atoms with Gasteiger partial charge in [-0.25, -0.2) is 4.98 Å². The van der Waals surface area contributed by atoms with Gasteiger partial charge in [-0.1, -0.05) is 15.9 Å². The molecule has 0 unspecified atom stereocenters.